The molecule has 0 unspecified atom stereocenters. The first-order chi connectivity index (χ1) is 15.6. The van der Waals surface area contributed by atoms with Crippen LogP contribution in [0.1, 0.15) is 28.9 Å². The molecule has 166 valence electrons. The van der Waals surface area contributed by atoms with Gasteiger partial charge in [-0.15, -0.1) is 11.3 Å². The fourth-order valence-electron chi connectivity index (χ4n) is 3.77. The van der Waals surface area contributed by atoms with Gasteiger partial charge < -0.3 is 5.32 Å². The predicted octanol–water partition coefficient (Wildman–Crippen LogP) is 5.24. The highest BCUT2D eigenvalue weighted by Gasteiger charge is 2.20. The van der Waals surface area contributed by atoms with Crippen LogP contribution >= 0.6 is 11.3 Å². The van der Waals surface area contributed by atoms with Gasteiger partial charge in [0.25, 0.3) is 5.91 Å². The molecule has 1 saturated heterocycles. The van der Waals surface area contributed by atoms with Crippen LogP contribution in [0.2, 0.25) is 0 Å². The molecule has 0 bridgehead atoms. The summed E-state index contributed by atoms with van der Waals surface area (Å²) in [6.45, 7) is 3.54. The molecule has 2 aromatic carbocycles. The van der Waals surface area contributed by atoms with E-state index in [0.717, 1.165) is 38.5 Å². The standard InChI is InChI=1S/C25H25F2N3OS/c26-20-8-9-21(22(27)15-20)25-29-23(17-32-25)24(31)28-16-19-10-13-30(14-11-19)12-4-7-18-5-2-1-3-6-18/h1-9,15,17,19H,10-14,16H2,(H,28,31). The first-order valence-electron chi connectivity index (χ1n) is 10.7. The minimum Gasteiger partial charge on any atom is -0.350 e. The van der Waals surface area contributed by atoms with Crippen LogP contribution in [0, 0.1) is 17.6 Å². The lowest BCUT2D eigenvalue weighted by molar-refractivity contribution is 0.0933. The molecule has 7 heteroatoms. The van der Waals surface area contributed by atoms with E-state index in [4.69, 9.17) is 0 Å². The van der Waals surface area contributed by atoms with E-state index in [0.29, 0.717) is 17.5 Å². The highest BCUT2D eigenvalue weighted by Crippen LogP contribution is 2.27. The first kappa shape index (κ1) is 22.3. The Morgan fingerprint density at radius 3 is 2.69 bits per heavy atom. The van der Waals surface area contributed by atoms with Crippen LogP contribution in [0.3, 0.4) is 0 Å². The lowest BCUT2D eigenvalue weighted by atomic mass is 9.96. The van der Waals surface area contributed by atoms with Gasteiger partial charge in [0.05, 0.1) is 0 Å². The van der Waals surface area contributed by atoms with Gasteiger partial charge in [-0.2, -0.15) is 0 Å². The summed E-state index contributed by atoms with van der Waals surface area (Å²) in [6, 6.07) is 13.6. The molecule has 0 saturated carbocycles. The molecule has 2 heterocycles. The van der Waals surface area contributed by atoms with E-state index in [9.17, 15) is 13.6 Å². The van der Waals surface area contributed by atoms with Gasteiger partial charge in [-0.25, -0.2) is 13.8 Å². The van der Waals surface area contributed by atoms with E-state index in [-0.39, 0.29) is 17.2 Å². The Morgan fingerprint density at radius 2 is 1.94 bits per heavy atom. The Hall–Kier alpha value is -2.90. The van der Waals surface area contributed by atoms with E-state index in [1.54, 1.807) is 5.38 Å². The number of nitrogens with one attached hydrogen (secondary N) is 1. The number of carbonyl (C=O) groups is 1. The van der Waals surface area contributed by atoms with E-state index in [1.807, 2.05) is 18.2 Å². The van der Waals surface area contributed by atoms with Gasteiger partial charge >= 0.3 is 0 Å². The SMILES string of the molecule is O=C(NCC1CCN(CC=Cc2ccccc2)CC1)c1csc(-c2ccc(F)cc2F)n1. The molecule has 4 rings (SSSR count). The fraction of sp³-hybridized carbons (Fsp3) is 0.280. The van der Waals surface area contributed by atoms with Crippen molar-refractivity contribution in [3.8, 4) is 10.6 Å². The van der Waals surface area contributed by atoms with Crippen LogP contribution in [-0.2, 0) is 0 Å². The fourth-order valence-corrected chi connectivity index (χ4v) is 4.59. The Labute approximate surface area is 190 Å². The summed E-state index contributed by atoms with van der Waals surface area (Å²) in [5.41, 5.74) is 1.67. The quantitative estimate of drug-likeness (QED) is 0.532. The number of piperidine rings is 1. The summed E-state index contributed by atoms with van der Waals surface area (Å²) in [4.78, 5) is 19.1. The number of carbonyl (C=O) groups excluding carboxylic acids is 1. The molecule has 1 amide bonds. The van der Waals surface area contributed by atoms with Crippen LogP contribution in [0.25, 0.3) is 16.6 Å². The molecule has 0 aliphatic carbocycles. The second kappa shape index (κ2) is 10.6. The normalized spacial score (nSPS) is 15.3. The Balaban J connectivity index is 1.22. The molecule has 1 aromatic heterocycles. The summed E-state index contributed by atoms with van der Waals surface area (Å²) in [6.07, 6.45) is 6.40. The molecular weight excluding hydrogens is 428 g/mol. The summed E-state index contributed by atoms with van der Waals surface area (Å²) >= 11 is 1.17. The van der Waals surface area contributed by atoms with Crippen molar-refractivity contribution in [3.63, 3.8) is 0 Å². The third-order valence-corrected chi connectivity index (χ3v) is 6.51. The van der Waals surface area contributed by atoms with Crippen molar-refractivity contribution in [2.24, 2.45) is 5.92 Å². The lowest BCUT2D eigenvalue weighted by Gasteiger charge is -2.31. The van der Waals surface area contributed by atoms with Crippen LogP contribution in [-0.4, -0.2) is 42.0 Å². The third kappa shape index (κ3) is 5.87. The number of amides is 1. The average Bonchev–Trinajstić information content (AvgIpc) is 3.29. The maximum atomic E-state index is 14.0. The largest absolute Gasteiger partial charge is 0.350 e. The second-order valence-electron chi connectivity index (χ2n) is 7.93. The van der Waals surface area contributed by atoms with Crippen LogP contribution in [0.15, 0.2) is 60.0 Å². The highest BCUT2D eigenvalue weighted by molar-refractivity contribution is 7.13. The molecule has 0 spiro atoms. The predicted molar refractivity (Wildman–Crippen MR) is 124 cm³/mol. The highest BCUT2D eigenvalue weighted by atomic mass is 32.1. The molecule has 0 atom stereocenters. The number of halogens is 2. The van der Waals surface area contributed by atoms with Gasteiger partial charge in [-0.3, -0.25) is 9.69 Å². The molecular formula is C25H25F2N3OS. The van der Waals surface area contributed by atoms with Gasteiger partial charge in [0.1, 0.15) is 22.3 Å². The van der Waals surface area contributed by atoms with Crippen molar-refractivity contribution in [1.29, 1.82) is 0 Å². The van der Waals surface area contributed by atoms with Crippen molar-refractivity contribution in [3.05, 3.63) is 82.9 Å². The van der Waals surface area contributed by atoms with E-state index in [2.05, 4.69) is 39.5 Å². The number of likely N-dealkylation sites (tertiary alicyclic amines) is 1. The Morgan fingerprint density at radius 1 is 1.16 bits per heavy atom. The van der Waals surface area contributed by atoms with Gasteiger partial charge in [0.15, 0.2) is 0 Å². The minimum absolute atomic E-state index is 0.198. The summed E-state index contributed by atoms with van der Waals surface area (Å²) in [7, 11) is 0. The number of thiazole rings is 1. The van der Waals surface area contributed by atoms with Gasteiger partial charge in [-0.05, 0) is 49.5 Å². The number of rotatable bonds is 7. The molecule has 4 nitrogen and oxygen atoms in total. The van der Waals surface area contributed by atoms with Gasteiger partial charge in [-0.1, -0.05) is 42.5 Å². The second-order valence-corrected chi connectivity index (χ2v) is 8.79. The molecule has 1 N–H and O–H groups in total. The van der Waals surface area contributed by atoms with Gasteiger partial charge in [0, 0.05) is 30.1 Å². The monoisotopic (exact) mass is 453 g/mol. The first-order valence-corrected chi connectivity index (χ1v) is 11.6. The number of aromatic nitrogens is 1. The maximum Gasteiger partial charge on any atom is 0.270 e. The number of benzene rings is 2. The molecule has 0 radical (unpaired) electrons. The van der Waals surface area contributed by atoms with Crippen molar-refractivity contribution < 1.29 is 13.6 Å². The summed E-state index contributed by atoms with van der Waals surface area (Å²) < 4.78 is 27.1. The number of hydrogen-bond acceptors (Lipinski definition) is 4. The van der Waals surface area contributed by atoms with Crippen molar-refractivity contribution in [1.82, 2.24) is 15.2 Å². The van der Waals surface area contributed by atoms with Crippen molar-refractivity contribution in [2.45, 2.75) is 12.8 Å². The molecule has 1 aliphatic rings. The average molecular weight is 454 g/mol. The molecule has 32 heavy (non-hydrogen) atoms. The summed E-state index contributed by atoms with van der Waals surface area (Å²) in [5.74, 6) is -1.15. The topological polar surface area (TPSA) is 45.2 Å². The smallest absolute Gasteiger partial charge is 0.270 e. The van der Waals surface area contributed by atoms with Crippen molar-refractivity contribution >= 4 is 23.3 Å². The number of hydrogen-bond donors (Lipinski definition) is 1. The van der Waals surface area contributed by atoms with E-state index >= 15 is 0 Å². The zero-order valence-corrected chi connectivity index (χ0v) is 18.5. The van der Waals surface area contributed by atoms with Gasteiger partial charge in [0.2, 0.25) is 0 Å². The zero-order chi connectivity index (χ0) is 22.3. The van der Waals surface area contributed by atoms with E-state index in [1.165, 1.54) is 29.0 Å². The lowest BCUT2D eigenvalue weighted by Crippen LogP contribution is -2.38. The van der Waals surface area contributed by atoms with Crippen LogP contribution in [0.5, 0.6) is 0 Å². The van der Waals surface area contributed by atoms with E-state index < -0.39 is 11.6 Å². The third-order valence-electron chi connectivity index (χ3n) is 5.63. The molecule has 3 aromatic rings. The molecule has 1 aliphatic heterocycles. The van der Waals surface area contributed by atoms with Crippen molar-refractivity contribution in [2.75, 3.05) is 26.2 Å². The Kier molecular flexibility index (Phi) is 7.39. The van der Waals surface area contributed by atoms with Crippen LogP contribution in [0.4, 0.5) is 8.78 Å². The number of nitrogens with zero attached hydrogens (tertiary/aromatic N) is 2. The maximum absolute atomic E-state index is 14.0. The molecule has 1 fully saturated rings. The minimum atomic E-state index is -0.684. The zero-order valence-electron chi connectivity index (χ0n) is 17.6. The Bertz CT molecular complexity index is 1080. The van der Waals surface area contributed by atoms with Crippen LogP contribution < -0.4 is 5.32 Å². The summed E-state index contributed by atoms with van der Waals surface area (Å²) in [5, 5.41) is 4.93.